The first-order valence-electron chi connectivity index (χ1n) is 4.53. The van der Waals surface area contributed by atoms with Crippen LogP contribution in [-0.4, -0.2) is 37.2 Å². The average molecular weight is 155 g/mol. The first-order chi connectivity index (χ1) is 5.21. The van der Waals surface area contributed by atoms with Crippen LogP contribution in [0.4, 0.5) is 0 Å². The van der Waals surface area contributed by atoms with Gasteiger partial charge in [0.1, 0.15) is 0 Å². The molecule has 2 heteroatoms. The molecule has 0 radical (unpaired) electrons. The quantitative estimate of drug-likeness (QED) is 0.527. The van der Waals surface area contributed by atoms with Crippen molar-refractivity contribution in [2.75, 3.05) is 26.7 Å². The molecule has 2 heterocycles. The average Bonchev–Trinajstić information content (AvgIpc) is 2.70. The van der Waals surface area contributed by atoms with E-state index in [4.69, 9.17) is 4.74 Å². The molecule has 0 aromatic rings. The van der Waals surface area contributed by atoms with Gasteiger partial charge in [0.2, 0.25) is 0 Å². The Labute approximate surface area is 68.5 Å². The normalized spacial score (nSPS) is 40.9. The van der Waals surface area contributed by atoms with E-state index in [0.717, 1.165) is 12.5 Å². The molecule has 0 N–H and O–H groups in total. The molecule has 2 aliphatic heterocycles. The highest BCUT2D eigenvalue weighted by molar-refractivity contribution is 4.95. The lowest BCUT2D eigenvalue weighted by Gasteiger charge is -2.31. The third kappa shape index (κ3) is 1.42. The number of hydrogen-bond donors (Lipinski definition) is 0. The smallest absolute Gasteiger partial charge is 0.0917 e. The Morgan fingerprint density at radius 3 is 2.36 bits per heavy atom. The van der Waals surface area contributed by atoms with Crippen LogP contribution in [0.5, 0.6) is 0 Å². The van der Waals surface area contributed by atoms with E-state index in [1.807, 2.05) is 0 Å². The molecule has 2 fully saturated rings. The summed E-state index contributed by atoms with van der Waals surface area (Å²) in [6.45, 7) is 5.76. The molecule has 0 aliphatic carbocycles. The molecule has 0 saturated carbocycles. The lowest BCUT2D eigenvalue weighted by molar-refractivity contribution is 0.143. The van der Waals surface area contributed by atoms with Crippen molar-refractivity contribution >= 4 is 0 Å². The van der Waals surface area contributed by atoms with E-state index in [0.29, 0.717) is 0 Å². The van der Waals surface area contributed by atoms with Crippen molar-refractivity contribution in [1.82, 2.24) is 4.90 Å². The van der Waals surface area contributed by atoms with Crippen LogP contribution in [0.25, 0.3) is 0 Å². The monoisotopic (exact) mass is 155 g/mol. The van der Waals surface area contributed by atoms with Crippen LogP contribution in [0.1, 0.15) is 19.8 Å². The van der Waals surface area contributed by atoms with Crippen LogP contribution < -0.4 is 0 Å². The second-order valence-electron chi connectivity index (χ2n) is 4.18. The number of epoxide rings is 1. The minimum atomic E-state index is 0.279. The van der Waals surface area contributed by atoms with Crippen molar-refractivity contribution in [1.29, 1.82) is 0 Å². The van der Waals surface area contributed by atoms with Crippen molar-refractivity contribution in [3.63, 3.8) is 0 Å². The lowest BCUT2D eigenvalue weighted by Crippen LogP contribution is -2.35. The fourth-order valence-corrected chi connectivity index (χ4v) is 1.97. The number of likely N-dealkylation sites (tertiary alicyclic amines) is 1. The summed E-state index contributed by atoms with van der Waals surface area (Å²) in [6, 6.07) is 0. The van der Waals surface area contributed by atoms with E-state index in [-0.39, 0.29) is 5.60 Å². The summed E-state index contributed by atoms with van der Waals surface area (Å²) >= 11 is 0. The summed E-state index contributed by atoms with van der Waals surface area (Å²) in [7, 11) is 2.20. The first kappa shape index (κ1) is 7.56. The zero-order valence-electron chi connectivity index (χ0n) is 7.47. The van der Waals surface area contributed by atoms with Crippen LogP contribution in [0.3, 0.4) is 0 Å². The molecule has 0 aromatic carbocycles. The van der Waals surface area contributed by atoms with Crippen molar-refractivity contribution in [2.24, 2.45) is 5.92 Å². The summed E-state index contributed by atoms with van der Waals surface area (Å²) in [6.07, 6.45) is 2.65. The maximum atomic E-state index is 5.45. The van der Waals surface area contributed by atoms with E-state index in [1.165, 1.54) is 25.9 Å². The maximum Gasteiger partial charge on any atom is 0.0917 e. The summed E-state index contributed by atoms with van der Waals surface area (Å²) in [4.78, 5) is 2.41. The number of rotatable bonds is 1. The highest BCUT2D eigenvalue weighted by atomic mass is 16.6. The van der Waals surface area contributed by atoms with E-state index in [9.17, 15) is 0 Å². The fourth-order valence-electron chi connectivity index (χ4n) is 1.97. The molecule has 1 unspecified atom stereocenters. The molecule has 0 bridgehead atoms. The minimum absolute atomic E-state index is 0.279. The fraction of sp³-hybridized carbons (Fsp3) is 1.00. The molecular weight excluding hydrogens is 138 g/mol. The van der Waals surface area contributed by atoms with Gasteiger partial charge in [-0.05, 0) is 45.8 Å². The number of ether oxygens (including phenoxy) is 1. The molecular formula is C9H17NO. The van der Waals surface area contributed by atoms with Gasteiger partial charge in [-0.15, -0.1) is 0 Å². The number of nitrogens with zero attached hydrogens (tertiary/aromatic N) is 1. The highest BCUT2D eigenvalue weighted by Gasteiger charge is 2.47. The van der Waals surface area contributed by atoms with Gasteiger partial charge < -0.3 is 9.64 Å². The summed E-state index contributed by atoms with van der Waals surface area (Å²) < 4.78 is 5.45. The number of piperidine rings is 1. The largest absolute Gasteiger partial charge is 0.370 e. The maximum absolute atomic E-state index is 5.45. The van der Waals surface area contributed by atoms with E-state index in [1.54, 1.807) is 0 Å². The Kier molecular flexibility index (Phi) is 1.69. The van der Waals surface area contributed by atoms with Crippen LogP contribution in [-0.2, 0) is 4.74 Å². The molecule has 0 amide bonds. The Bertz CT molecular complexity index is 146. The number of hydrogen-bond acceptors (Lipinski definition) is 2. The van der Waals surface area contributed by atoms with E-state index < -0.39 is 0 Å². The Balaban J connectivity index is 1.87. The van der Waals surface area contributed by atoms with Crippen LogP contribution in [0.2, 0.25) is 0 Å². The zero-order chi connectivity index (χ0) is 7.90. The van der Waals surface area contributed by atoms with Gasteiger partial charge in [-0.1, -0.05) is 0 Å². The second-order valence-corrected chi connectivity index (χ2v) is 4.18. The van der Waals surface area contributed by atoms with Crippen molar-refractivity contribution in [2.45, 2.75) is 25.4 Å². The molecule has 11 heavy (non-hydrogen) atoms. The molecule has 2 nitrogen and oxygen atoms in total. The van der Waals surface area contributed by atoms with Gasteiger partial charge >= 0.3 is 0 Å². The molecule has 2 rings (SSSR count). The molecule has 0 spiro atoms. The molecule has 2 saturated heterocycles. The predicted octanol–water partition coefficient (Wildman–Crippen LogP) is 1.12. The van der Waals surface area contributed by atoms with E-state index >= 15 is 0 Å². The van der Waals surface area contributed by atoms with Crippen LogP contribution >= 0.6 is 0 Å². The first-order valence-corrected chi connectivity index (χ1v) is 4.53. The SMILES string of the molecule is CN1CCC(C2(C)CO2)CC1. The van der Waals surface area contributed by atoms with Gasteiger partial charge in [-0.25, -0.2) is 0 Å². The Hall–Kier alpha value is -0.0800. The second kappa shape index (κ2) is 2.46. The van der Waals surface area contributed by atoms with Gasteiger partial charge in [-0.2, -0.15) is 0 Å². The van der Waals surface area contributed by atoms with Gasteiger partial charge in [0, 0.05) is 0 Å². The topological polar surface area (TPSA) is 15.8 Å². The van der Waals surface area contributed by atoms with Crippen LogP contribution in [0, 0.1) is 5.92 Å². The van der Waals surface area contributed by atoms with Crippen molar-refractivity contribution in [3.8, 4) is 0 Å². The van der Waals surface area contributed by atoms with Crippen LogP contribution in [0.15, 0.2) is 0 Å². The van der Waals surface area contributed by atoms with Gasteiger partial charge in [-0.3, -0.25) is 0 Å². The Morgan fingerprint density at radius 1 is 1.36 bits per heavy atom. The minimum Gasteiger partial charge on any atom is -0.370 e. The lowest BCUT2D eigenvalue weighted by atomic mass is 9.86. The van der Waals surface area contributed by atoms with Crippen molar-refractivity contribution < 1.29 is 4.74 Å². The predicted molar refractivity (Wildman–Crippen MR) is 44.6 cm³/mol. The Morgan fingerprint density at radius 2 is 1.91 bits per heavy atom. The van der Waals surface area contributed by atoms with Gasteiger partial charge in [0.15, 0.2) is 0 Å². The third-order valence-electron chi connectivity index (χ3n) is 3.18. The summed E-state index contributed by atoms with van der Waals surface area (Å²) in [5, 5.41) is 0. The zero-order valence-corrected chi connectivity index (χ0v) is 7.47. The summed E-state index contributed by atoms with van der Waals surface area (Å²) in [5.41, 5.74) is 0.279. The summed E-state index contributed by atoms with van der Waals surface area (Å²) in [5.74, 6) is 0.832. The molecule has 2 aliphatic rings. The standard InChI is InChI=1S/C9H17NO/c1-9(7-11-9)8-3-5-10(2)6-4-8/h8H,3-7H2,1-2H3. The highest BCUT2D eigenvalue weighted by Crippen LogP contribution is 2.40. The molecule has 0 aromatic heterocycles. The van der Waals surface area contributed by atoms with Gasteiger partial charge in [0.25, 0.3) is 0 Å². The van der Waals surface area contributed by atoms with Crippen molar-refractivity contribution in [3.05, 3.63) is 0 Å². The third-order valence-corrected chi connectivity index (χ3v) is 3.18. The van der Waals surface area contributed by atoms with E-state index in [2.05, 4.69) is 18.9 Å². The van der Waals surface area contributed by atoms with Gasteiger partial charge in [0.05, 0.1) is 12.2 Å². The molecule has 64 valence electrons. The molecule has 1 atom stereocenters.